The van der Waals surface area contributed by atoms with Gasteiger partial charge in [-0.1, -0.05) is 54.5 Å². The second-order valence-corrected chi connectivity index (χ2v) is 7.72. The summed E-state index contributed by atoms with van der Waals surface area (Å²) < 4.78 is 0. The maximum atomic E-state index is 13.2. The zero-order valence-corrected chi connectivity index (χ0v) is 16.0. The van der Waals surface area contributed by atoms with Gasteiger partial charge in [0.1, 0.15) is 5.51 Å². The summed E-state index contributed by atoms with van der Waals surface area (Å²) in [7, 11) is 0. The van der Waals surface area contributed by atoms with E-state index in [1.165, 1.54) is 11.3 Å². The minimum atomic E-state index is -0.477. The van der Waals surface area contributed by atoms with Crippen LogP contribution in [-0.2, 0) is 10.2 Å². The first kappa shape index (κ1) is 18.3. The first-order valence-electron chi connectivity index (χ1n) is 9.22. The van der Waals surface area contributed by atoms with Crippen LogP contribution < -0.4 is 10.6 Å². The van der Waals surface area contributed by atoms with Crippen LogP contribution in [0.1, 0.15) is 41.6 Å². The molecule has 1 aromatic heterocycles. The Morgan fingerprint density at radius 2 is 1.64 bits per heavy atom. The molecule has 1 aliphatic rings. The molecule has 4 rings (SSSR count). The first-order valence-corrected chi connectivity index (χ1v) is 10.1. The quantitative estimate of drug-likeness (QED) is 0.680. The summed E-state index contributed by atoms with van der Waals surface area (Å²) in [5.41, 5.74) is 3.32. The molecule has 2 N–H and O–H groups in total. The Morgan fingerprint density at radius 3 is 2.29 bits per heavy atom. The van der Waals surface area contributed by atoms with Crippen LogP contribution in [-0.4, -0.2) is 22.0 Å². The normalized spacial score (nSPS) is 15.1. The summed E-state index contributed by atoms with van der Waals surface area (Å²) in [5, 5.41) is 13.7. The maximum Gasteiger partial charge on any atom is 0.257 e. The van der Waals surface area contributed by atoms with Crippen molar-refractivity contribution in [2.75, 3.05) is 10.6 Å². The molecule has 0 radical (unpaired) electrons. The Labute approximate surface area is 167 Å². The maximum absolute atomic E-state index is 13.2. The molecule has 142 valence electrons. The van der Waals surface area contributed by atoms with E-state index in [0.717, 1.165) is 31.2 Å². The number of anilines is 2. The van der Waals surface area contributed by atoms with Gasteiger partial charge in [-0.25, -0.2) is 0 Å². The van der Waals surface area contributed by atoms with Crippen LogP contribution >= 0.6 is 11.3 Å². The molecule has 0 unspecified atom stereocenters. The molecular weight excluding hydrogens is 372 g/mol. The van der Waals surface area contributed by atoms with E-state index in [-0.39, 0.29) is 11.8 Å². The van der Waals surface area contributed by atoms with Gasteiger partial charge in [0.25, 0.3) is 5.91 Å². The third kappa shape index (κ3) is 3.66. The number of aromatic nitrogens is 2. The van der Waals surface area contributed by atoms with Crippen LogP contribution in [0, 0.1) is 0 Å². The number of hydrogen-bond acceptors (Lipinski definition) is 5. The predicted octanol–water partition coefficient (Wildman–Crippen LogP) is 4.24. The number of benzene rings is 2. The van der Waals surface area contributed by atoms with E-state index in [9.17, 15) is 9.59 Å². The molecule has 2 amide bonds. The molecule has 0 bridgehead atoms. The number of nitrogens with one attached hydrogen (secondary N) is 2. The van der Waals surface area contributed by atoms with Crippen molar-refractivity contribution in [3.63, 3.8) is 0 Å². The second kappa shape index (κ2) is 7.90. The summed E-state index contributed by atoms with van der Waals surface area (Å²) in [6.07, 6.45) is 3.80. The molecule has 0 saturated heterocycles. The number of carbonyl (C=O) groups is 2. The third-order valence-electron chi connectivity index (χ3n) is 5.20. The molecule has 0 aliphatic heterocycles. The molecule has 1 aliphatic carbocycles. The van der Waals surface area contributed by atoms with E-state index in [2.05, 4.69) is 20.8 Å². The van der Waals surface area contributed by atoms with Gasteiger partial charge in [0, 0.05) is 11.3 Å². The molecule has 0 atom stereocenters. The van der Waals surface area contributed by atoms with Crippen molar-refractivity contribution in [3.8, 4) is 0 Å². The van der Waals surface area contributed by atoms with E-state index in [0.29, 0.717) is 16.4 Å². The van der Waals surface area contributed by atoms with Crippen molar-refractivity contribution in [3.05, 3.63) is 71.2 Å². The Hall–Kier alpha value is -3.06. The standard InChI is InChI=1S/C21H20N4O2S/c26-18(24-20-25-22-14-28-20)15-8-10-17(11-9-15)23-19(27)21(12-4-5-13-21)16-6-2-1-3-7-16/h1-3,6-11,14H,4-5,12-13H2,(H,23,27)(H,24,25,26). The average Bonchev–Trinajstić information content (AvgIpc) is 3.42. The highest BCUT2D eigenvalue weighted by Gasteiger charge is 2.42. The smallest absolute Gasteiger partial charge is 0.257 e. The zero-order chi connectivity index (χ0) is 19.4. The van der Waals surface area contributed by atoms with Crippen LogP contribution in [0.4, 0.5) is 10.8 Å². The zero-order valence-electron chi connectivity index (χ0n) is 15.2. The van der Waals surface area contributed by atoms with Crippen molar-refractivity contribution in [2.45, 2.75) is 31.1 Å². The lowest BCUT2D eigenvalue weighted by Crippen LogP contribution is -2.37. The van der Waals surface area contributed by atoms with E-state index < -0.39 is 5.41 Å². The molecule has 7 heteroatoms. The molecule has 1 saturated carbocycles. The molecule has 0 spiro atoms. The van der Waals surface area contributed by atoms with Crippen molar-refractivity contribution >= 4 is 34.0 Å². The molecule has 28 heavy (non-hydrogen) atoms. The van der Waals surface area contributed by atoms with Gasteiger partial charge in [-0.2, -0.15) is 0 Å². The minimum absolute atomic E-state index is 0.0160. The van der Waals surface area contributed by atoms with E-state index in [4.69, 9.17) is 0 Å². The van der Waals surface area contributed by atoms with E-state index in [1.807, 2.05) is 30.3 Å². The van der Waals surface area contributed by atoms with Crippen molar-refractivity contribution < 1.29 is 9.59 Å². The minimum Gasteiger partial charge on any atom is -0.325 e. The van der Waals surface area contributed by atoms with E-state index in [1.54, 1.807) is 29.8 Å². The highest BCUT2D eigenvalue weighted by Crippen LogP contribution is 2.42. The number of amides is 2. The highest BCUT2D eigenvalue weighted by atomic mass is 32.1. The Bertz CT molecular complexity index is 950. The Balaban J connectivity index is 1.47. The van der Waals surface area contributed by atoms with Crippen molar-refractivity contribution in [1.82, 2.24) is 10.2 Å². The number of hydrogen-bond donors (Lipinski definition) is 2. The summed E-state index contributed by atoms with van der Waals surface area (Å²) in [6.45, 7) is 0. The van der Waals surface area contributed by atoms with Crippen LogP contribution in [0.15, 0.2) is 60.1 Å². The molecule has 6 nitrogen and oxygen atoms in total. The Morgan fingerprint density at radius 1 is 0.929 bits per heavy atom. The summed E-state index contributed by atoms with van der Waals surface area (Å²) in [4.78, 5) is 25.4. The first-order chi connectivity index (χ1) is 13.7. The lowest BCUT2D eigenvalue weighted by atomic mass is 9.78. The molecule has 2 aromatic carbocycles. The fraction of sp³-hybridized carbons (Fsp3) is 0.238. The predicted molar refractivity (Wildman–Crippen MR) is 110 cm³/mol. The van der Waals surface area contributed by atoms with Gasteiger partial charge in [0.2, 0.25) is 11.0 Å². The number of rotatable bonds is 5. The van der Waals surface area contributed by atoms with Gasteiger partial charge in [-0.15, -0.1) is 10.2 Å². The van der Waals surface area contributed by atoms with Crippen LogP contribution in [0.3, 0.4) is 0 Å². The van der Waals surface area contributed by atoms with Crippen LogP contribution in [0.25, 0.3) is 0 Å². The fourth-order valence-corrected chi connectivity index (χ4v) is 4.18. The highest BCUT2D eigenvalue weighted by molar-refractivity contribution is 7.13. The average molecular weight is 392 g/mol. The van der Waals surface area contributed by atoms with Crippen molar-refractivity contribution in [2.24, 2.45) is 0 Å². The van der Waals surface area contributed by atoms with Gasteiger partial charge in [-0.05, 0) is 42.7 Å². The summed E-state index contributed by atoms with van der Waals surface area (Å²) >= 11 is 1.26. The molecule has 1 fully saturated rings. The summed E-state index contributed by atoms with van der Waals surface area (Å²) in [5.74, 6) is -0.242. The Kier molecular flexibility index (Phi) is 5.16. The largest absolute Gasteiger partial charge is 0.325 e. The van der Waals surface area contributed by atoms with Gasteiger partial charge < -0.3 is 5.32 Å². The lowest BCUT2D eigenvalue weighted by Gasteiger charge is -2.28. The summed E-state index contributed by atoms with van der Waals surface area (Å²) in [6, 6.07) is 16.9. The topological polar surface area (TPSA) is 84.0 Å². The van der Waals surface area contributed by atoms with E-state index >= 15 is 0 Å². The molecule has 1 heterocycles. The van der Waals surface area contributed by atoms with Gasteiger partial charge in [0.05, 0.1) is 5.41 Å². The van der Waals surface area contributed by atoms with Crippen LogP contribution in [0.5, 0.6) is 0 Å². The van der Waals surface area contributed by atoms with Gasteiger partial charge in [-0.3, -0.25) is 14.9 Å². The van der Waals surface area contributed by atoms with Gasteiger partial charge >= 0.3 is 0 Å². The monoisotopic (exact) mass is 392 g/mol. The number of carbonyl (C=O) groups excluding carboxylic acids is 2. The third-order valence-corrected chi connectivity index (χ3v) is 5.81. The second-order valence-electron chi connectivity index (χ2n) is 6.88. The fourth-order valence-electron chi connectivity index (χ4n) is 3.74. The number of nitrogens with zero attached hydrogens (tertiary/aromatic N) is 2. The molecule has 3 aromatic rings. The van der Waals surface area contributed by atoms with Gasteiger partial charge in [0.15, 0.2) is 0 Å². The van der Waals surface area contributed by atoms with Crippen LogP contribution in [0.2, 0.25) is 0 Å². The molecular formula is C21H20N4O2S. The SMILES string of the molecule is O=C(Nc1nncs1)c1ccc(NC(=O)C2(c3ccccc3)CCCC2)cc1. The van der Waals surface area contributed by atoms with Crippen molar-refractivity contribution in [1.29, 1.82) is 0 Å². The lowest BCUT2D eigenvalue weighted by molar-refractivity contribution is -0.121.